The number of halogens is 5. The van der Waals surface area contributed by atoms with E-state index >= 15 is 0 Å². The summed E-state index contributed by atoms with van der Waals surface area (Å²) in [4.78, 5) is 3.93. The zero-order valence-electron chi connectivity index (χ0n) is 16.0. The molecule has 152 valence electrons. The maximum Gasteiger partial charge on any atom is 0.242 e. The Hall–Kier alpha value is -2.42. The Morgan fingerprint density at radius 3 is 1.93 bits per heavy atom. The Balaban J connectivity index is 2.34. The van der Waals surface area contributed by atoms with Gasteiger partial charge in [0, 0.05) is 6.21 Å². The average molecular weight is 417 g/mol. The number of hydrogen-bond donors (Lipinski definition) is 0. The van der Waals surface area contributed by atoms with Gasteiger partial charge in [-0.25, -0.2) is 22.0 Å². The van der Waals surface area contributed by atoms with E-state index in [9.17, 15) is 22.0 Å². The SMILES string of the molecule is COc1cc(C(C)N=Cc2c(F)c(F)c(F)c(F)c2F)ccc1O[Si](C)(C)C. The molecule has 0 bridgehead atoms. The fraction of sp³-hybridized carbons (Fsp3) is 0.316. The van der Waals surface area contributed by atoms with Crippen LogP contribution in [0.25, 0.3) is 0 Å². The largest absolute Gasteiger partial charge is 0.542 e. The summed E-state index contributed by atoms with van der Waals surface area (Å²) in [6.07, 6.45) is 0.639. The Labute approximate surface area is 160 Å². The molecule has 0 N–H and O–H groups in total. The average Bonchev–Trinajstić information content (AvgIpc) is 2.63. The zero-order chi connectivity index (χ0) is 21.2. The van der Waals surface area contributed by atoms with Crippen LogP contribution in [0, 0.1) is 29.1 Å². The molecular formula is C19H20F5NO2Si. The van der Waals surface area contributed by atoms with Crippen LogP contribution in [-0.2, 0) is 0 Å². The third-order valence-corrected chi connectivity index (χ3v) is 4.59. The van der Waals surface area contributed by atoms with Gasteiger partial charge in [-0.1, -0.05) is 6.07 Å². The lowest BCUT2D eigenvalue weighted by molar-refractivity contribution is 0.377. The summed E-state index contributed by atoms with van der Waals surface area (Å²) in [6.45, 7) is 7.64. The molecule has 0 heterocycles. The van der Waals surface area contributed by atoms with Crippen molar-refractivity contribution in [2.75, 3.05) is 7.11 Å². The topological polar surface area (TPSA) is 30.8 Å². The number of aliphatic imine (C=N–C) groups is 1. The van der Waals surface area contributed by atoms with Gasteiger partial charge in [-0.15, -0.1) is 0 Å². The van der Waals surface area contributed by atoms with Gasteiger partial charge < -0.3 is 9.16 Å². The maximum absolute atomic E-state index is 13.7. The molecule has 0 aromatic heterocycles. The molecule has 28 heavy (non-hydrogen) atoms. The molecule has 0 aliphatic heterocycles. The number of rotatable bonds is 6. The van der Waals surface area contributed by atoms with Gasteiger partial charge in [-0.3, -0.25) is 4.99 Å². The van der Waals surface area contributed by atoms with Gasteiger partial charge in [0.25, 0.3) is 0 Å². The monoisotopic (exact) mass is 417 g/mol. The highest BCUT2D eigenvalue weighted by molar-refractivity contribution is 6.70. The van der Waals surface area contributed by atoms with Crippen LogP contribution in [0.3, 0.4) is 0 Å². The van der Waals surface area contributed by atoms with E-state index in [1.54, 1.807) is 25.1 Å². The summed E-state index contributed by atoms with van der Waals surface area (Å²) in [5.74, 6) is -9.07. The highest BCUT2D eigenvalue weighted by atomic mass is 28.4. The second kappa shape index (κ2) is 8.30. The third kappa shape index (κ3) is 4.70. The first-order valence-electron chi connectivity index (χ1n) is 8.37. The van der Waals surface area contributed by atoms with Gasteiger partial charge in [-0.2, -0.15) is 0 Å². The highest BCUT2D eigenvalue weighted by Gasteiger charge is 2.25. The summed E-state index contributed by atoms with van der Waals surface area (Å²) in [6, 6.07) is 4.40. The van der Waals surface area contributed by atoms with Crippen molar-refractivity contribution in [3.8, 4) is 11.5 Å². The minimum Gasteiger partial charge on any atom is -0.542 e. The molecule has 1 atom stereocenters. The van der Waals surface area contributed by atoms with Crippen molar-refractivity contribution < 1.29 is 31.1 Å². The molecule has 3 nitrogen and oxygen atoms in total. The standard InChI is InChI=1S/C19H20F5NO2Si/c1-10(11-6-7-13(14(8-11)26-2)27-28(3,4)5)25-9-12-15(20)17(22)19(24)18(23)16(12)21/h6-10H,1-5H3. The van der Waals surface area contributed by atoms with Crippen LogP contribution < -0.4 is 9.16 Å². The van der Waals surface area contributed by atoms with Crippen molar-refractivity contribution >= 4 is 14.5 Å². The molecule has 0 aliphatic carbocycles. The van der Waals surface area contributed by atoms with E-state index in [1.165, 1.54) is 7.11 Å². The molecule has 0 fully saturated rings. The van der Waals surface area contributed by atoms with E-state index < -0.39 is 49.0 Å². The van der Waals surface area contributed by atoms with E-state index in [1.807, 2.05) is 19.6 Å². The van der Waals surface area contributed by atoms with Crippen molar-refractivity contribution in [1.29, 1.82) is 0 Å². The van der Waals surface area contributed by atoms with E-state index in [0.29, 0.717) is 23.3 Å². The Morgan fingerprint density at radius 1 is 0.893 bits per heavy atom. The van der Waals surface area contributed by atoms with E-state index in [0.717, 1.165) is 0 Å². The summed E-state index contributed by atoms with van der Waals surface area (Å²) >= 11 is 0. The molecule has 2 aromatic carbocycles. The van der Waals surface area contributed by atoms with Gasteiger partial charge in [0.15, 0.2) is 29.0 Å². The molecule has 0 saturated carbocycles. The Bertz CT molecular complexity index is 883. The summed E-state index contributed by atoms with van der Waals surface area (Å²) in [5, 5.41) is 0. The van der Waals surface area contributed by atoms with Crippen LogP contribution in [-0.4, -0.2) is 21.6 Å². The van der Waals surface area contributed by atoms with Crippen molar-refractivity contribution in [1.82, 2.24) is 0 Å². The molecule has 0 saturated heterocycles. The molecular weight excluding hydrogens is 397 g/mol. The van der Waals surface area contributed by atoms with Gasteiger partial charge in [0.05, 0.1) is 18.7 Å². The van der Waals surface area contributed by atoms with Gasteiger partial charge in [-0.05, 0) is 44.3 Å². The molecule has 2 aromatic rings. The first-order chi connectivity index (χ1) is 13.0. The van der Waals surface area contributed by atoms with Crippen LogP contribution in [0.4, 0.5) is 22.0 Å². The minimum atomic E-state index is -2.21. The summed E-state index contributed by atoms with van der Waals surface area (Å²) < 4.78 is 78.4. The second-order valence-electron chi connectivity index (χ2n) is 7.06. The Morgan fingerprint density at radius 2 is 1.43 bits per heavy atom. The quantitative estimate of drug-likeness (QED) is 0.196. The van der Waals surface area contributed by atoms with Gasteiger partial charge in [0.2, 0.25) is 14.1 Å². The second-order valence-corrected chi connectivity index (χ2v) is 11.5. The van der Waals surface area contributed by atoms with Crippen molar-refractivity contribution in [2.24, 2.45) is 4.99 Å². The number of nitrogens with zero attached hydrogens (tertiary/aromatic N) is 1. The van der Waals surface area contributed by atoms with Crippen LogP contribution in [0.1, 0.15) is 24.1 Å². The van der Waals surface area contributed by atoms with Crippen LogP contribution in [0.15, 0.2) is 23.2 Å². The van der Waals surface area contributed by atoms with Gasteiger partial charge >= 0.3 is 0 Å². The van der Waals surface area contributed by atoms with Crippen LogP contribution in [0.2, 0.25) is 19.6 Å². The lowest BCUT2D eigenvalue weighted by Gasteiger charge is -2.21. The zero-order valence-corrected chi connectivity index (χ0v) is 17.0. The first-order valence-corrected chi connectivity index (χ1v) is 11.8. The summed E-state index contributed by atoms with van der Waals surface area (Å²) in [7, 11) is -0.401. The summed E-state index contributed by atoms with van der Waals surface area (Å²) in [5.41, 5.74) is -0.478. The molecule has 0 radical (unpaired) electrons. The molecule has 0 amide bonds. The molecule has 0 spiro atoms. The molecule has 2 rings (SSSR count). The van der Waals surface area contributed by atoms with Crippen LogP contribution in [0.5, 0.6) is 11.5 Å². The molecule has 0 aliphatic rings. The maximum atomic E-state index is 13.7. The lowest BCUT2D eigenvalue weighted by Crippen LogP contribution is -2.29. The lowest BCUT2D eigenvalue weighted by atomic mass is 10.1. The molecule has 9 heteroatoms. The van der Waals surface area contributed by atoms with E-state index in [4.69, 9.17) is 9.16 Å². The highest BCUT2D eigenvalue weighted by Crippen LogP contribution is 2.33. The number of hydrogen-bond acceptors (Lipinski definition) is 3. The van der Waals surface area contributed by atoms with Crippen molar-refractivity contribution in [2.45, 2.75) is 32.6 Å². The van der Waals surface area contributed by atoms with Crippen LogP contribution >= 0.6 is 0 Å². The fourth-order valence-corrected chi connectivity index (χ4v) is 3.19. The normalized spacial score (nSPS) is 13.1. The van der Waals surface area contributed by atoms with Crippen molar-refractivity contribution in [3.63, 3.8) is 0 Å². The van der Waals surface area contributed by atoms with Crippen molar-refractivity contribution in [3.05, 3.63) is 58.4 Å². The molecule has 1 unspecified atom stereocenters. The predicted octanol–water partition coefficient (Wildman–Crippen LogP) is 5.78. The number of methoxy groups -OCH3 is 1. The minimum absolute atomic E-state index is 0.457. The third-order valence-electron chi connectivity index (χ3n) is 3.76. The number of benzene rings is 2. The van der Waals surface area contributed by atoms with E-state index in [2.05, 4.69) is 4.99 Å². The van der Waals surface area contributed by atoms with Gasteiger partial charge in [0.1, 0.15) is 5.75 Å². The van der Waals surface area contributed by atoms with E-state index in [-0.39, 0.29) is 0 Å². The first kappa shape index (κ1) is 21.9. The number of ether oxygens (including phenoxy) is 1. The smallest absolute Gasteiger partial charge is 0.242 e. The fourth-order valence-electron chi connectivity index (χ4n) is 2.37. The Kier molecular flexibility index (Phi) is 6.48. The predicted molar refractivity (Wildman–Crippen MR) is 99.2 cm³/mol.